The van der Waals surface area contributed by atoms with E-state index in [4.69, 9.17) is 10.7 Å². The molecule has 8 heteroatoms. The van der Waals surface area contributed by atoms with E-state index in [2.05, 4.69) is 15.7 Å². The monoisotopic (exact) mass is 394 g/mol. The Morgan fingerprint density at radius 1 is 1.19 bits per heavy atom. The van der Waals surface area contributed by atoms with Crippen LogP contribution in [-0.2, 0) is 4.79 Å². The first kappa shape index (κ1) is 16.2. The number of hydrogen-bond donors (Lipinski definition) is 3. The highest BCUT2D eigenvalue weighted by molar-refractivity contribution is 7.17. The van der Waals surface area contributed by atoms with Gasteiger partial charge in [-0.05, 0) is 17.6 Å². The van der Waals surface area contributed by atoms with E-state index in [0.29, 0.717) is 28.7 Å². The van der Waals surface area contributed by atoms with Gasteiger partial charge in [-0.2, -0.15) is 4.98 Å². The number of fused-ring (bicyclic) bond motifs is 3. The molecule has 4 N–H and O–H groups in total. The number of thiazole rings is 1. The van der Waals surface area contributed by atoms with E-state index in [1.807, 2.05) is 30.3 Å². The summed E-state index contributed by atoms with van der Waals surface area (Å²) in [6, 6.07) is 9.99. The number of aliphatic imine (C=N–C) groups is 1. The topological polar surface area (TPSA) is 101 Å². The first-order chi connectivity index (χ1) is 13.1. The Morgan fingerprint density at radius 2 is 2.00 bits per heavy atom. The third-order valence-corrected chi connectivity index (χ3v) is 6.53. The van der Waals surface area contributed by atoms with Gasteiger partial charge in [0.2, 0.25) is 5.88 Å². The molecule has 0 radical (unpaired) electrons. The van der Waals surface area contributed by atoms with Gasteiger partial charge in [-0.25, -0.2) is 4.99 Å². The highest BCUT2D eigenvalue weighted by Gasteiger charge is 2.35. The highest BCUT2D eigenvalue weighted by atomic mass is 32.1. The summed E-state index contributed by atoms with van der Waals surface area (Å²) in [5, 5.41) is 15.5. The van der Waals surface area contributed by atoms with Crippen molar-refractivity contribution in [3.05, 3.63) is 45.5 Å². The van der Waals surface area contributed by atoms with Crippen molar-refractivity contribution in [3.63, 3.8) is 0 Å². The summed E-state index contributed by atoms with van der Waals surface area (Å²) in [5.41, 5.74) is 10.7. The summed E-state index contributed by atoms with van der Waals surface area (Å²) in [5.74, 6) is -0.290. The van der Waals surface area contributed by atoms with Crippen LogP contribution in [0, 0.1) is 0 Å². The van der Waals surface area contributed by atoms with Gasteiger partial charge in [-0.3, -0.25) is 4.79 Å². The number of benzene rings is 1. The molecule has 0 fully saturated rings. The summed E-state index contributed by atoms with van der Waals surface area (Å²) in [7, 11) is 0. The Morgan fingerprint density at radius 3 is 2.74 bits per heavy atom. The fourth-order valence-electron chi connectivity index (χ4n) is 3.44. The third-order valence-electron chi connectivity index (χ3n) is 4.61. The maximum Gasteiger partial charge on any atom is 0.270 e. The maximum atomic E-state index is 12.6. The largest absolute Gasteiger partial charge is 0.492 e. The number of nitrogen functional groups attached to an aromatic ring is 1. The minimum absolute atomic E-state index is 0.0954. The Kier molecular flexibility index (Phi) is 3.63. The molecule has 0 unspecified atom stereocenters. The Bertz CT molecular complexity index is 1140. The van der Waals surface area contributed by atoms with E-state index >= 15 is 0 Å². The number of nitrogens with two attached hydrogens (primary N) is 1. The summed E-state index contributed by atoms with van der Waals surface area (Å²) in [6.07, 6.45) is 0.577. The number of carbonyl (C=O) groups is 1. The molecule has 6 nitrogen and oxygen atoms in total. The first-order valence-corrected chi connectivity index (χ1v) is 10.1. The number of amides is 1. The minimum atomic E-state index is -0.195. The molecule has 5 rings (SSSR count). The fraction of sp³-hybridized carbons (Fsp3) is 0.105. The first-order valence-electron chi connectivity index (χ1n) is 8.37. The average molecular weight is 394 g/mol. The zero-order valence-corrected chi connectivity index (χ0v) is 15.7. The molecule has 2 aromatic heterocycles. The zero-order valence-electron chi connectivity index (χ0n) is 14.0. The molecule has 0 aliphatic carbocycles. The number of thiophene rings is 1. The van der Waals surface area contributed by atoms with Crippen molar-refractivity contribution < 1.29 is 9.90 Å². The number of hydrogen-bond acceptors (Lipinski definition) is 7. The van der Waals surface area contributed by atoms with E-state index in [9.17, 15) is 9.90 Å². The summed E-state index contributed by atoms with van der Waals surface area (Å²) in [6.45, 7) is 0.472. The zero-order chi connectivity index (χ0) is 18.5. The second-order valence-corrected chi connectivity index (χ2v) is 8.13. The molecular weight excluding hydrogens is 380 g/mol. The number of anilines is 1. The lowest BCUT2D eigenvalue weighted by atomic mass is 9.99. The lowest BCUT2D eigenvalue weighted by Crippen LogP contribution is -2.29. The van der Waals surface area contributed by atoms with Crippen LogP contribution in [0.5, 0.6) is 5.88 Å². The molecule has 27 heavy (non-hydrogen) atoms. The second kappa shape index (κ2) is 6.04. The van der Waals surface area contributed by atoms with E-state index in [-0.39, 0.29) is 11.8 Å². The van der Waals surface area contributed by atoms with Gasteiger partial charge in [-0.15, -0.1) is 11.3 Å². The molecule has 0 atom stereocenters. The second-order valence-electron chi connectivity index (χ2n) is 6.22. The maximum absolute atomic E-state index is 12.6. The number of aromatic hydroxyl groups is 1. The molecule has 3 aromatic rings. The molecule has 0 bridgehead atoms. The van der Waals surface area contributed by atoms with Crippen molar-refractivity contribution in [2.45, 2.75) is 6.42 Å². The van der Waals surface area contributed by atoms with E-state index in [0.717, 1.165) is 32.8 Å². The van der Waals surface area contributed by atoms with Gasteiger partial charge in [0, 0.05) is 23.1 Å². The quantitative estimate of drug-likeness (QED) is 0.617. The number of aromatic nitrogens is 1. The summed E-state index contributed by atoms with van der Waals surface area (Å²) >= 11 is 2.79. The predicted octanol–water partition coefficient (Wildman–Crippen LogP) is 3.68. The average Bonchev–Trinajstić information content (AvgIpc) is 3.30. The van der Waals surface area contributed by atoms with Crippen molar-refractivity contribution in [2.24, 2.45) is 4.99 Å². The van der Waals surface area contributed by atoms with Crippen LogP contribution < -0.4 is 11.1 Å². The van der Waals surface area contributed by atoms with Crippen LogP contribution in [0.25, 0.3) is 22.3 Å². The van der Waals surface area contributed by atoms with Crippen molar-refractivity contribution in [2.75, 3.05) is 12.3 Å². The third kappa shape index (κ3) is 2.48. The van der Waals surface area contributed by atoms with E-state index < -0.39 is 0 Å². The molecule has 2 aliphatic heterocycles. The van der Waals surface area contributed by atoms with Gasteiger partial charge in [0.15, 0.2) is 5.13 Å². The molecular formula is C19H14N4O2S2. The summed E-state index contributed by atoms with van der Waals surface area (Å²) in [4.78, 5) is 22.8. The Labute approximate surface area is 162 Å². The van der Waals surface area contributed by atoms with E-state index in [1.54, 1.807) is 11.3 Å². The van der Waals surface area contributed by atoms with Gasteiger partial charge in [0.1, 0.15) is 5.71 Å². The molecule has 2 aliphatic rings. The summed E-state index contributed by atoms with van der Waals surface area (Å²) < 4.78 is 0. The molecule has 0 spiro atoms. The van der Waals surface area contributed by atoms with Crippen LogP contribution in [0.15, 0.2) is 40.7 Å². The highest BCUT2D eigenvalue weighted by Crippen LogP contribution is 2.51. The van der Waals surface area contributed by atoms with Crippen molar-refractivity contribution >= 4 is 56.3 Å². The van der Waals surface area contributed by atoms with Gasteiger partial charge in [-0.1, -0.05) is 41.7 Å². The fourth-order valence-corrected chi connectivity index (χ4v) is 5.34. The normalized spacial score (nSPS) is 15.9. The van der Waals surface area contributed by atoms with Crippen molar-refractivity contribution in [1.82, 2.24) is 10.3 Å². The Hall–Kier alpha value is -2.97. The molecule has 0 saturated heterocycles. The van der Waals surface area contributed by atoms with Crippen LogP contribution in [0.1, 0.15) is 16.2 Å². The van der Waals surface area contributed by atoms with Crippen LogP contribution in [0.4, 0.5) is 10.8 Å². The van der Waals surface area contributed by atoms with Crippen molar-refractivity contribution in [1.29, 1.82) is 0 Å². The molecule has 4 heterocycles. The molecule has 1 aromatic carbocycles. The van der Waals surface area contributed by atoms with Gasteiger partial charge >= 0.3 is 0 Å². The van der Waals surface area contributed by atoms with Crippen LogP contribution in [0.3, 0.4) is 0 Å². The predicted molar refractivity (Wildman–Crippen MR) is 109 cm³/mol. The minimum Gasteiger partial charge on any atom is -0.492 e. The van der Waals surface area contributed by atoms with Gasteiger partial charge in [0.05, 0.1) is 15.4 Å². The lowest BCUT2D eigenvalue weighted by Gasteiger charge is -2.06. The van der Waals surface area contributed by atoms with E-state index in [1.165, 1.54) is 11.3 Å². The lowest BCUT2D eigenvalue weighted by molar-refractivity contribution is -0.114. The number of nitrogens with one attached hydrogen (secondary N) is 1. The number of nitrogens with zero attached hydrogens (tertiary/aromatic N) is 2. The Balaban J connectivity index is 1.77. The number of carbonyl (C=O) groups excluding carboxylic acids is 1. The molecule has 1 amide bonds. The molecule has 134 valence electrons. The smallest absolute Gasteiger partial charge is 0.270 e. The van der Waals surface area contributed by atoms with Gasteiger partial charge < -0.3 is 16.2 Å². The van der Waals surface area contributed by atoms with Crippen LogP contribution in [0.2, 0.25) is 0 Å². The molecule has 0 saturated carbocycles. The van der Waals surface area contributed by atoms with Crippen molar-refractivity contribution in [3.8, 4) is 17.0 Å². The standard InChI is InChI=1S/C19H14N4O2S2/c20-19-23-18(25)15(27-19)10-6-7-21-17(24)14-12(10)16-13(22-14)11(8-26-16)9-4-2-1-3-5-9/h1-5,8,25H,6-7H2,(H2,20,23)(H,21,24). The van der Waals surface area contributed by atoms with Crippen LogP contribution in [-0.4, -0.2) is 28.3 Å². The van der Waals surface area contributed by atoms with Gasteiger partial charge in [0.25, 0.3) is 5.91 Å². The SMILES string of the molecule is Nc1nc(O)c(C2=C3C(=Nc4c(-c5ccccc5)csc43)C(=O)NCC2)s1. The number of rotatable bonds is 2. The van der Waals surface area contributed by atoms with Crippen LogP contribution >= 0.6 is 22.7 Å².